The van der Waals surface area contributed by atoms with Gasteiger partial charge in [-0.2, -0.15) is 0 Å². The highest BCUT2D eigenvalue weighted by Gasteiger charge is 2.10. The Hall–Kier alpha value is -1.20. The fourth-order valence-corrected chi connectivity index (χ4v) is 1.71. The summed E-state index contributed by atoms with van der Waals surface area (Å²) < 4.78 is 19.0. The van der Waals surface area contributed by atoms with Gasteiger partial charge in [0, 0.05) is 18.8 Å². The van der Waals surface area contributed by atoms with E-state index in [4.69, 9.17) is 22.7 Å². The third-order valence-corrected chi connectivity index (χ3v) is 2.48. The first-order valence-corrected chi connectivity index (χ1v) is 6.33. The minimum absolute atomic E-state index is 0.0544. The minimum atomic E-state index is -0.407. The first-order valence-electron chi connectivity index (χ1n) is 5.92. The molecule has 3 nitrogen and oxygen atoms in total. The van der Waals surface area contributed by atoms with Gasteiger partial charge in [-0.25, -0.2) is 4.39 Å². The lowest BCUT2D eigenvalue weighted by molar-refractivity contribution is 0.118. The van der Waals surface area contributed by atoms with E-state index >= 15 is 0 Å². The van der Waals surface area contributed by atoms with Crippen molar-refractivity contribution < 1.29 is 9.13 Å². The van der Waals surface area contributed by atoms with Crippen molar-refractivity contribution in [2.45, 2.75) is 13.8 Å². The number of nitrogens with one attached hydrogen (secondary N) is 1. The van der Waals surface area contributed by atoms with Gasteiger partial charge < -0.3 is 15.8 Å². The molecule has 0 saturated heterocycles. The molecule has 5 heteroatoms. The molecule has 0 radical (unpaired) electrons. The molecule has 3 N–H and O–H groups in total. The van der Waals surface area contributed by atoms with E-state index in [9.17, 15) is 4.39 Å². The van der Waals surface area contributed by atoms with Crippen molar-refractivity contribution in [2.75, 3.05) is 25.1 Å². The number of nitrogens with two attached hydrogens (primary N) is 1. The average molecular weight is 270 g/mol. The second kappa shape index (κ2) is 7.28. The lowest BCUT2D eigenvalue weighted by Crippen LogP contribution is -2.18. The zero-order chi connectivity index (χ0) is 13.5. The fourth-order valence-electron chi connectivity index (χ4n) is 1.50. The van der Waals surface area contributed by atoms with Crippen LogP contribution in [0.1, 0.15) is 19.4 Å². The Kier molecular flexibility index (Phi) is 6.01. The molecular weight excluding hydrogens is 251 g/mol. The van der Waals surface area contributed by atoms with Crippen LogP contribution < -0.4 is 11.1 Å². The van der Waals surface area contributed by atoms with Crippen molar-refractivity contribution >= 4 is 22.9 Å². The minimum Gasteiger partial charge on any atom is -0.389 e. The molecule has 0 saturated carbocycles. The second-order valence-electron chi connectivity index (χ2n) is 4.42. The van der Waals surface area contributed by atoms with E-state index in [0.717, 1.165) is 0 Å². The highest BCUT2D eigenvalue weighted by atomic mass is 32.1. The first-order chi connectivity index (χ1) is 8.52. The molecule has 0 aliphatic rings. The van der Waals surface area contributed by atoms with Crippen LogP contribution in [0.3, 0.4) is 0 Å². The van der Waals surface area contributed by atoms with Crippen molar-refractivity contribution in [3.8, 4) is 0 Å². The Morgan fingerprint density at radius 2 is 2.22 bits per heavy atom. The molecule has 0 unspecified atom stereocenters. The smallest absolute Gasteiger partial charge is 0.135 e. The summed E-state index contributed by atoms with van der Waals surface area (Å²) in [4.78, 5) is 0.0544. The van der Waals surface area contributed by atoms with Crippen LogP contribution in [0.25, 0.3) is 0 Å². The fraction of sp³-hybridized carbons (Fsp3) is 0.462. The van der Waals surface area contributed by atoms with Crippen molar-refractivity contribution in [3.63, 3.8) is 0 Å². The number of hydrogen-bond donors (Lipinski definition) is 2. The van der Waals surface area contributed by atoms with Crippen LogP contribution >= 0.6 is 12.2 Å². The Labute approximate surface area is 113 Å². The molecule has 1 rings (SSSR count). The van der Waals surface area contributed by atoms with Gasteiger partial charge >= 0.3 is 0 Å². The molecular formula is C13H19FN2OS. The van der Waals surface area contributed by atoms with Gasteiger partial charge in [0.05, 0.1) is 12.2 Å². The third kappa shape index (κ3) is 4.58. The van der Waals surface area contributed by atoms with E-state index in [1.807, 2.05) is 0 Å². The van der Waals surface area contributed by atoms with Gasteiger partial charge in [0.25, 0.3) is 0 Å². The predicted molar refractivity (Wildman–Crippen MR) is 76.4 cm³/mol. The van der Waals surface area contributed by atoms with E-state index in [1.54, 1.807) is 12.1 Å². The third-order valence-electron chi connectivity index (χ3n) is 2.27. The Morgan fingerprint density at radius 3 is 2.83 bits per heavy atom. The van der Waals surface area contributed by atoms with Crippen molar-refractivity contribution in [1.82, 2.24) is 0 Å². The molecule has 1 aromatic carbocycles. The summed E-state index contributed by atoms with van der Waals surface area (Å²) >= 11 is 4.84. The van der Waals surface area contributed by atoms with Gasteiger partial charge in [-0.15, -0.1) is 0 Å². The van der Waals surface area contributed by atoms with Gasteiger partial charge in [0.15, 0.2) is 0 Å². The van der Waals surface area contributed by atoms with Gasteiger partial charge in [-0.3, -0.25) is 0 Å². The molecule has 0 spiro atoms. The maximum Gasteiger partial charge on any atom is 0.135 e. The molecule has 0 aromatic heterocycles. The second-order valence-corrected chi connectivity index (χ2v) is 4.86. The van der Waals surface area contributed by atoms with Crippen LogP contribution in [0.5, 0.6) is 0 Å². The topological polar surface area (TPSA) is 47.3 Å². The molecule has 0 atom stereocenters. The van der Waals surface area contributed by atoms with E-state index in [0.29, 0.717) is 31.4 Å². The van der Waals surface area contributed by atoms with Gasteiger partial charge in [0.1, 0.15) is 10.8 Å². The van der Waals surface area contributed by atoms with E-state index < -0.39 is 5.82 Å². The number of benzene rings is 1. The van der Waals surface area contributed by atoms with Gasteiger partial charge in [-0.05, 0) is 18.1 Å². The predicted octanol–water partition coefficient (Wildman–Crippen LogP) is 2.54. The standard InChI is InChI=1S/C13H19FN2OS/c1-9(2)8-17-7-6-16-11-5-3-4-10(14)12(11)13(15)18/h3-5,9,16H,6-8H2,1-2H3,(H2,15,18). The first kappa shape index (κ1) is 14.9. The average Bonchev–Trinajstić information content (AvgIpc) is 2.27. The number of thiocarbonyl (C=S) groups is 1. The van der Waals surface area contributed by atoms with Crippen LogP contribution in [0.2, 0.25) is 0 Å². The molecule has 1 aromatic rings. The largest absolute Gasteiger partial charge is 0.389 e. The number of hydrogen-bond acceptors (Lipinski definition) is 3. The van der Waals surface area contributed by atoms with Crippen molar-refractivity contribution in [2.24, 2.45) is 11.7 Å². The van der Waals surface area contributed by atoms with E-state index in [-0.39, 0.29) is 10.6 Å². The number of rotatable bonds is 7. The Morgan fingerprint density at radius 1 is 1.50 bits per heavy atom. The normalized spacial score (nSPS) is 10.7. The van der Waals surface area contributed by atoms with Crippen LogP contribution in [-0.4, -0.2) is 24.7 Å². The van der Waals surface area contributed by atoms with Crippen LogP contribution in [0.15, 0.2) is 18.2 Å². The summed E-state index contributed by atoms with van der Waals surface area (Å²) in [6.07, 6.45) is 0. The summed E-state index contributed by atoms with van der Waals surface area (Å²) in [5.41, 5.74) is 6.37. The quantitative estimate of drug-likeness (QED) is 0.590. The van der Waals surface area contributed by atoms with E-state index in [1.165, 1.54) is 6.07 Å². The number of ether oxygens (including phenoxy) is 1. The highest BCUT2D eigenvalue weighted by molar-refractivity contribution is 7.80. The number of anilines is 1. The lowest BCUT2D eigenvalue weighted by atomic mass is 10.1. The van der Waals surface area contributed by atoms with Gasteiger partial charge in [-0.1, -0.05) is 32.1 Å². The zero-order valence-electron chi connectivity index (χ0n) is 10.7. The highest BCUT2D eigenvalue weighted by Crippen LogP contribution is 2.18. The monoisotopic (exact) mass is 270 g/mol. The molecule has 18 heavy (non-hydrogen) atoms. The van der Waals surface area contributed by atoms with Crippen LogP contribution in [0.4, 0.5) is 10.1 Å². The SMILES string of the molecule is CC(C)COCCNc1cccc(F)c1C(N)=S. The van der Waals surface area contributed by atoms with E-state index in [2.05, 4.69) is 19.2 Å². The van der Waals surface area contributed by atoms with Crippen molar-refractivity contribution in [1.29, 1.82) is 0 Å². The lowest BCUT2D eigenvalue weighted by Gasteiger charge is -2.12. The molecule has 0 fully saturated rings. The Balaban J connectivity index is 2.52. The maximum absolute atomic E-state index is 13.5. The molecule has 0 heterocycles. The summed E-state index contributed by atoms with van der Waals surface area (Å²) in [6.45, 7) is 6.04. The van der Waals surface area contributed by atoms with Crippen molar-refractivity contribution in [3.05, 3.63) is 29.6 Å². The maximum atomic E-state index is 13.5. The van der Waals surface area contributed by atoms with Crippen LogP contribution in [0, 0.1) is 11.7 Å². The number of halogens is 1. The molecule has 0 amide bonds. The summed E-state index contributed by atoms with van der Waals surface area (Å²) in [6, 6.07) is 4.71. The summed E-state index contributed by atoms with van der Waals surface area (Å²) in [5.74, 6) is 0.0990. The van der Waals surface area contributed by atoms with Crippen LogP contribution in [-0.2, 0) is 4.74 Å². The summed E-state index contributed by atoms with van der Waals surface area (Å²) in [5, 5.41) is 3.08. The Bertz CT molecular complexity index is 410. The zero-order valence-corrected chi connectivity index (χ0v) is 11.5. The molecule has 0 aliphatic heterocycles. The van der Waals surface area contributed by atoms with Gasteiger partial charge in [0.2, 0.25) is 0 Å². The summed E-state index contributed by atoms with van der Waals surface area (Å²) in [7, 11) is 0. The molecule has 100 valence electrons. The molecule has 0 aliphatic carbocycles. The molecule has 0 bridgehead atoms.